The first-order chi connectivity index (χ1) is 8.49. The van der Waals surface area contributed by atoms with Crippen molar-refractivity contribution in [1.82, 2.24) is 0 Å². The van der Waals surface area contributed by atoms with Crippen LogP contribution in [-0.4, -0.2) is 17.7 Å². The summed E-state index contributed by atoms with van der Waals surface area (Å²) in [6, 6.07) is 7.32. The van der Waals surface area contributed by atoms with Gasteiger partial charge in [0.1, 0.15) is 11.5 Å². The van der Waals surface area contributed by atoms with Crippen molar-refractivity contribution in [1.29, 1.82) is 5.26 Å². The average Bonchev–Trinajstić information content (AvgIpc) is 2.37. The Morgan fingerprint density at radius 3 is 2.67 bits per heavy atom. The number of ketones is 1. The second kappa shape index (κ2) is 6.55. The number of halogens is 1. The van der Waals surface area contributed by atoms with Crippen molar-refractivity contribution in [2.45, 2.75) is 25.1 Å². The molecule has 0 bridgehead atoms. The van der Waals surface area contributed by atoms with Gasteiger partial charge < -0.3 is 4.74 Å². The fourth-order valence-electron chi connectivity index (χ4n) is 1.64. The van der Waals surface area contributed by atoms with Gasteiger partial charge in [0.25, 0.3) is 0 Å². The summed E-state index contributed by atoms with van der Waals surface area (Å²) in [5.41, 5.74) is 1.48. The van der Waals surface area contributed by atoms with Crippen molar-refractivity contribution in [2.24, 2.45) is 5.92 Å². The third-order valence-corrected chi connectivity index (χ3v) is 3.47. The van der Waals surface area contributed by atoms with Crippen molar-refractivity contribution in [3.8, 4) is 11.8 Å². The van der Waals surface area contributed by atoms with Crippen LogP contribution in [0.15, 0.2) is 18.2 Å². The molecular weight excluding hydrogens is 294 g/mol. The van der Waals surface area contributed by atoms with Gasteiger partial charge in [0, 0.05) is 5.92 Å². The van der Waals surface area contributed by atoms with Gasteiger partial charge >= 0.3 is 0 Å². The quantitative estimate of drug-likeness (QED) is 0.785. The van der Waals surface area contributed by atoms with E-state index >= 15 is 0 Å². The molecule has 0 aromatic heterocycles. The Labute approximate surface area is 116 Å². The highest BCUT2D eigenvalue weighted by Crippen LogP contribution is 2.24. The molecule has 0 radical (unpaired) electrons. The zero-order valence-corrected chi connectivity index (χ0v) is 12.3. The predicted octanol–water partition coefficient (Wildman–Crippen LogP) is 3.10. The van der Waals surface area contributed by atoms with Gasteiger partial charge in [-0.25, -0.2) is 0 Å². The molecule has 1 atom stereocenters. The second-order valence-corrected chi connectivity index (χ2v) is 5.47. The molecule has 0 N–H and O–H groups in total. The molecule has 0 amide bonds. The summed E-state index contributed by atoms with van der Waals surface area (Å²) >= 11 is 3.41. The minimum absolute atomic E-state index is 0.00116. The van der Waals surface area contributed by atoms with E-state index in [1.165, 1.54) is 0 Å². The van der Waals surface area contributed by atoms with Gasteiger partial charge in [0.05, 0.1) is 23.6 Å². The summed E-state index contributed by atoms with van der Waals surface area (Å²) in [5.74, 6) is 0.815. The number of Topliss-reactive ketones (excluding diaryl/α,β-unsaturated/α-hetero) is 1. The fraction of sp³-hybridized carbons (Fsp3) is 0.429. The van der Waals surface area contributed by atoms with Crippen LogP contribution in [0.4, 0.5) is 0 Å². The highest BCUT2D eigenvalue weighted by Gasteiger charge is 2.20. The molecule has 0 fully saturated rings. The van der Waals surface area contributed by atoms with Gasteiger partial charge in [-0.15, -0.1) is 0 Å². The van der Waals surface area contributed by atoms with Crippen molar-refractivity contribution in [2.75, 3.05) is 7.11 Å². The lowest BCUT2D eigenvalue weighted by Gasteiger charge is -2.14. The molecule has 0 aliphatic rings. The molecule has 0 aliphatic heterocycles. The lowest BCUT2D eigenvalue weighted by Crippen LogP contribution is -2.22. The number of carbonyl (C=O) groups is 1. The number of methoxy groups -OCH3 is 1. The Bertz CT molecular complexity index is 477. The normalized spacial score (nSPS) is 12.0. The highest BCUT2D eigenvalue weighted by atomic mass is 79.9. The summed E-state index contributed by atoms with van der Waals surface area (Å²) < 4.78 is 5.25. The van der Waals surface area contributed by atoms with Crippen LogP contribution in [0.2, 0.25) is 0 Å². The van der Waals surface area contributed by atoms with Crippen molar-refractivity contribution < 1.29 is 9.53 Å². The largest absolute Gasteiger partial charge is 0.496 e. The highest BCUT2D eigenvalue weighted by molar-refractivity contribution is 9.10. The molecule has 3 nitrogen and oxygen atoms in total. The standard InChI is InChI=1S/C14H16BrNO2/c1-9(2)14(17)12(15)7-11-5-4-10(8-16)6-13(11)18-3/h4-6,9,12H,7H2,1-3H3. The Morgan fingerprint density at radius 1 is 1.50 bits per heavy atom. The Balaban J connectivity index is 2.91. The first-order valence-electron chi connectivity index (χ1n) is 5.74. The van der Waals surface area contributed by atoms with Gasteiger partial charge in [0.15, 0.2) is 0 Å². The lowest BCUT2D eigenvalue weighted by atomic mass is 9.99. The molecule has 18 heavy (non-hydrogen) atoms. The van der Waals surface area contributed by atoms with Crippen LogP contribution in [0.5, 0.6) is 5.75 Å². The van der Waals surface area contributed by atoms with Gasteiger partial charge in [-0.2, -0.15) is 5.26 Å². The number of rotatable bonds is 5. The number of carbonyl (C=O) groups excluding carboxylic acids is 1. The molecule has 0 heterocycles. The van der Waals surface area contributed by atoms with E-state index in [0.717, 1.165) is 5.56 Å². The van der Waals surface area contributed by atoms with Gasteiger partial charge in [-0.05, 0) is 24.1 Å². The van der Waals surface area contributed by atoms with E-state index in [0.29, 0.717) is 17.7 Å². The maximum Gasteiger partial charge on any atom is 0.149 e. The Kier molecular flexibility index (Phi) is 5.36. The molecule has 1 aromatic rings. The van der Waals surface area contributed by atoms with Crippen molar-refractivity contribution in [3.63, 3.8) is 0 Å². The van der Waals surface area contributed by atoms with Crippen LogP contribution in [-0.2, 0) is 11.2 Å². The smallest absolute Gasteiger partial charge is 0.149 e. The number of benzene rings is 1. The average molecular weight is 310 g/mol. The van der Waals surface area contributed by atoms with E-state index in [9.17, 15) is 4.79 Å². The van der Waals surface area contributed by atoms with E-state index in [-0.39, 0.29) is 16.5 Å². The summed E-state index contributed by atoms with van der Waals surface area (Å²) in [5, 5.41) is 8.82. The van der Waals surface area contributed by atoms with Gasteiger partial charge in [-0.1, -0.05) is 35.8 Å². The number of hydrogen-bond acceptors (Lipinski definition) is 3. The Hall–Kier alpha value is -1.34. The fourth-order valence-corrected chi connectivity index (χ4v) is 2.52. The number of nitrogens with zero attached hydrogens (tertiary/aromatic N) is 1. The van der Waals surface area contributed by atoms with Crippen LogP contribution < -0.4 is 4.74 Å². The first-order valence-corrected chi connectivity index (χ1v) is 6.66. The Morgan fingerprint density at radius 2 is 2.17 bits per heavy atom. The minimum atomic E-state index is -0.223. The van der Waals surface area contributed by atoms with Crippen LogP contribution in [0.25, 0.3) is 0 Å². The van der Waals surface area contributed by atoms with E-state index < -0.39 is 0 Å². The molecular formula is C14H16BrNO2. The molecule has 0 saturated heterocycles. The molecule has 1 aromatic carbocycles. The molecule has 1 rings (SSSR count). The molecule has 1 unspecified atom stereocenters. The molecule has 96 valence electrons. The second-order valence-electron chi connectivity index (χ2n) is 4.37. The zero-order valence-electron chi connectivity index (χ0n) is 10.7. The molecule has 4 heteroatoms. The molecule has 0 spiro atoms. The minimum Gasteiger partial charge on any atom is -0.496 e. The summed E-state index contributed by atoms with van der Waals surface area (Å²) in [7, 11) is 1.56. The van der Waals surface area contributed by atoms with E-state index in [2.05, 4.69) is 22.0 Å². The third-order valence-electron chi connectivity index (χ3n) is 2.69. The van der Waals surface area contributed by atoms with Crippen LogP contribution in [0, 0.1) is 17.2 Å². The van der Waals surface area contributed by atoms with E-state index in [1.54, 1.807) is 19.2 Å². The SMILES string of the molecule is COc1cc(C#N)ccc1CC(Br)C(=O)C(C)C. The van der Waals surface area contributed by atoms with E-state index in [4.69, 9.17) is 10.00 Å². The summed E-state index contributed by atoms with van der Waals surface area (Å²) in [6.45, 7) is 3.76. The van der Waals surface area contributed by atoms with E-state index in [1.807, 2.05) is 19.9 Å². The molecule has 0 aliphatic carbocycles. The van der Waals surface area contributed by atoms with Crippen LogP contribution in [0.3, 0.4) is 0 Å². The maximum atomic E-state index is 11.8. The monoisotopic (exact) mass is 309 g/mol. The third kappa shape index (κ3) is 3.58. The van der Waals surface area contributed by atoms with Crippen molar-refractivity contribution >= 4 is 21.7 Å². The number of alkyl halides is 1. The molecule has 0 saturated carbocycles. The van der Waals surface area contributed by atoms with Crippen molar-refractivity contribution in [3.05, 3.63) is 29.3 Å². The lowest BCUT2D eigenvalue weighted by molar-refractivity contribution is -0.121. The maximum absolute atomic E-state index is 11.8. The number of nitriles is 1. The van der Waals surface area contributed by atoms with Gasteiger partial charge in [-0.3, -0.25) is 4.79 Å². The van der Waals surface area contributed by atoms with Crippen LogP contribution >= 0.6 is 15.9 Å². The van der Waals surface area contributed by atoms with Crippen LogP contribution in [0.1, 0.15) is 25.0 Å². The first kappa shape index (κ1) is 14.7. The topological polar surface area (TPSA) is 50.1 Å². The summed E-state index contributed by atoms with van der Waals surface area (Å²) in [4.78, 5) is 11.6. The predicted molar refractivity (Wildman–Crippen MR) is 74.0 cm³/mol. The summed E-state index contributed by atoms with van der Waals surface area (Å²) in [6.07, 6.45) is 0.561. The number of hydrogen-bond donors (Lipinski definition) is 0. The zero-order chi connectivity index (χ0) is 13.7. The van der Waals surface area contributed by atoms with Gasteiger partial charge in [0.2, 0.25) is 0 Å². The number of ether oxygens (including phenoxy) is 1.